The molecule has 0 aliphatic carbocycles. The van der Waals surface area contributed by atoms with Gasteiger partial charge in [0.1, 0.15) is 18.0 Å². The molecule has 0 saturated carbocycles. The molecule has 0 spiro atoms. The van der Waals surface area contributed by atoms with Gasteiger partial charge in [-0.1, -0.05) is 30.3 Å². The van der Waals surface area contributed by atoms with Crippen LogP contribution in [0, 0.1) is 5.92 Å². The largest absolute Gasteiger partial charge is 0.494 e. The van der Waals surface area contributed by atoms with Crippen LogP contribution in [0.4, 0.5) is 0 Å². The third-order valence-electron chi connectivity index (χ3n) is 3.34. The van der Waals surface area contributed by atoms with Gasteiger partial charge in [0.2, 0.25) is 5.91 Å². The van der Waals surface area contributed by atoms with Gasteiger partial charge in [-0.2, -0.15) is 0 Å². The van der Waals surface area contributed by atoms with E-state index >= 15 is 0 Å². The van der Waals surface area contributed by atoms with Gasteiger partial charge in [-0.25, -0.2) is 4.68 Å². The summed E-state index contributed by atoms with van der Waals surface area (Å²) in [6.45, 7) is 2.23. The average Bonchev–Trinajstić information content (AvgIpc) is 3.00. The summed E-state index contributed by atoms with van der Waals surface area (Å²) in [4.78, 5) is 22.6. The number of rotatable bonds is 9. The third-order valence-corrected chi connectivity index (χ3v) is 3.34. The number of carboxylic acids is 1. The lowest BCUT2D eigenvalue weighted by atomic mass is 10.1. The molecule has 8 heteroatoms. The average molecular weight is 332 g/mol. The minimum Gasteiger partial charge on any atom is -0.494 e. The van der Waals surface area contributed by atoms with Gasteiger partial charge in [-0.05, 0) is 18.6 Å². The van der Waals surface area contributed by atoms with Gasteiger partial charge in [0.25, 0.3) is 0 Å². The van der Waals surface area contributed by atoms with E-state index in [1.54, 1.807) is 0 Å². The predicted octanol–water partition coefficient (Wildman–Crippen LogP) is 1.08. The number of hydrogen-bond acceptors (Lipinski definition) is 5. The second-order valence-electron chi connectivity index (χ2n) is 5.37. The smallest absolute Gasteiger partial charge is 0.325 e. The molecule has 0 fully saturated rings. The van der Waals surface area contributed by atoms with E-state index in [0.717, 1.165) is 5.75 Å². The molecule has 0 saturated heterocycles. The van der Waals surface area contributed by atoms with E-state index in [2.05, 4.69) is 15.6 Å². The number of aliphatic carboxylic acids is 1. The lowest BCUT2D eigenvalue weighted by Gasteiger charge is -2.12. The number of carbonyl (C=O) groups excluding carboxylic acids is 1. The fourth-order valence-corrected chi connectivity index (χ4v) is 1.99. The summed E-state index contributed by atoms with van der Waals surface area (Å²) in [5, 5.41) is 18.9. The summed E-state index contributed by atoms with van der Waals surface area (Å²) in [7, 11) is 0. The van der Waals surface area contributed by atoms with Crippen LogP contribution in [0.5, 0.6) is 5.75 Å². The number of nitrogens with one attached hydrogen (secondary N) is 1. The highest BCUT2D eigenvalue weighted by molar-refractivity contribution is 5.78. The number of hydrogen-bond donors (Lipinski definition) is 2. The van der Waals surface area contributed by atoms with Crippen LogP contribution in [-0.2, 0) is 22.7 Å². The highest BCUT2D eigenvalue weighted by atomic mass is 16.5. The van der Waals surface area contributed by atoms with Crippen LogP contribution in [0.3, 0.4) is 0 Å². The molecule has 128 valence electrons. The summed E-state index contributed by atoms with van der Waals surface area (Å²) < 4.78 is 6.78. The summed E-state index contributed by atoms with van der Waals surface area (Å²) in [6.07, 6.45) is 2.09. The van der Waals surface area contributed by atoms with E-state index in [0.29, 0.717) is 18.7 Å². The Bertz CT molecular complexity index is 672. The van der Waals surface area contributed by atoms with Crippen molar-refractivity contribution in [3.8, 4) is 5.75 Å². The lowest BCUT2D eigenvalue weighted by Crippen LogP contribution is -2.29. The predicted molar refractivity (Wildman–Crippen MR) is 85.2 cm³/mol. The third kappa shape index (κ3) is 5.71. The van der Waals surface area contributed by atoms with Crippen molar-refractivity contribution in [2.75, 3.05) is 6.61 Å². The quantitative estimate of drug-likeness (QED) is 0.712. The molecule has 0 bridgehead atoms. The number of benzene rings is 1. The number of aromatic nitrogens is 3. The first-order valence-electron chi connectivity index (χ1n) is 7.61. The maximum Gasteiger partial charge on any atom is 0.325 e. The van der Waals surface area contributed by atoms with Crippen molar-refractivity contribution in [2.45, 2.75) is 26.4 Å². The molecule has 2 aromatic rings. The Morgan fingerprint density at radius 2 is 2.08 bits per heavy atom. The fraction of sp³-hybridized carbons (Fsp3) is 0.375. The topological polar surface area (TPSA) is 106 Å². The number of carboxylic acid groups (broad SMARTS) is 1. The van der Waals surface area contributed by atoms with Crippen LogP contribution in [-0.4, -0.2) is 38.6 Å². The Hall–Kier alpha value is -2.90. The second kappa shape index (κ2) is 8.66. The van der Waals surface area contributed by atoms with Crippen molar-refractivity contribution in [3.05, 3.63) is 42.2 Å². The van der Waals surface area contributed by atoms with Crippen LogP contribution in [0.2, 0.25) is 0 Å². The first-order valence-corrected chi connectivity index (χ1v) is 7.61. The molecule has 1 amide bonds. The molecular formula is C16H20N4O4. The summed E-state index contributed by atoms with van der Waals surface area (Å²) >= 11 is 0. The van der Waals surface area contributed by atoms with E-state index in [9.17, 15) is 9.59 Å². The Balaban J connectivity index is 1.69. The fourth-order valence-electron chi connectivity index (χ4n) is 1.99. The first-order chi connectivity index (χ1) is 11.5. The van der Waals surface area contributed by atoms with E-state index in [4.69, 9.17) is 9.84 Å². The molecule has 1 atom stereocenters. The molecule has 0 aliphatic heterocycles. The highest BCUT2D eigenvalue weighted by Gasteiger charge is 2.13. The molecule has 2 rings (SSSR count). The van der Waals surface area contributed by atoms with Gasteiger partial charge in [0, 0.05) is 5.92 Å². The number of para-hydroxylation sites is 1. The Labute approximate surface area is 139 Å². The molecule has 1 heterocycles. The zero-order chi connectivity index (χ0) is 17.4. The summed E-state index contributed by atoms with van der Waals surface area (Å²) in [6, 6.07) is 9.43. The van der Waals surface area contributed by atoms with E-state index in [-0.39, 0.29) is 24.9 Å². The van der Waals surface area contributed by atoms with Gasteiger partial charge in [0.15, 0.2) is 0 Å². The maximum atomic E-state index is 12.0. The summed E-state index contributed by atoms with van der Waals surface area (Å²) in [5.74, 6) is -0.537. The van der Waals surface area contributed by atoms with Crippen molar-refractivity contribution < 1.29 is 19.4 Å². The zero-order valence-corrected chi connectivity index (χ0v) is 13.4. The standard InChI is InChI=1S/C16H20N4O4/c1-12(7-8-24-14-5-3-2-4-6-14)16(23)17-9-13-10-20(19-18-13)11-15(21)22/h2-6,10,12H,7-9,11H2,1H3,(H,17,23)(H,21,22). The monoisotopic (exact) mass is 332 g/mol. The second-order valence-corrected chi connectivity index (χ2v) is 5.37. The lowest BCUT2D eigenvalue weighted by molar-refractivity contribution is -0.138. The molecule has 24 heavy (non-hydrogen) atoms. The van der Waals surface area contributed by atoms with Crippen LogP contribution >= 0.6 is 0 Å². The SMILES string of the molecule is CC(CCOc1ccccc1)C(=O)NCc1cn(CC(=O)O)nn1. The van der Waals surface area contributed by atoms with E-state index in [1.807, 2.05) is 37.3 Å². The number of amides is 1. The van der Waals surface area contributed by atoms with Crippen LogP contribution in [0.1, 0.15) is 19.0 Å². The molecule has 0 radical (unpaired) electrons. The van der Waals surface area contributed by atoms with Gasteiger partial charge in [-0.3, -0.25) is 9.59 Å². The van der Waals surface area contributed by atoms with Gasteiger partial charge >= 0.3 is 5.97 Å². The number of carbonyl (C=O) groups is 2. The van der Waals surface area contributed by atoms with Crippen molar-refractivity contribution in [2.24, 2.45) is 5.92 Å². The van der Waals surface area contributed by atoms with Crippen LogP contribution in [0.15, 0.2) is 36.5 Å². The van der Waals surface area contributed by atoms with Crippen molar-refractivity contribution >= 4 is 11.9 Å². The molecule has 1 unspecified atom stereocenters. The maximum absolute atomic E-state index is 12.0. The minimum absolute atomic E-state index is 0.112. The Morgan fingerprint density at radius 1 is 1.33 bits per heavy atom. The number of ether oxygens (including phenoxy) is 1. The van der Waals surface area contributed by atoms with Crippen LogP contribution < -0.4 is 10.1 Å². The van der Waals surface area contributed by atoms with Gasteiger partial charge < -0.3 is 15.2 Å². The first kappa shape index (κ1) is 17.5. The molecule has 1 aromatic carbocycles. The molecule has 2 N–H and O–H groups in total. The van der Waals surface area contributed by atoms with Crippen molar-refractivity contribution in [1.29, 1.82) is 0 Å². The molecule has 1 aromatic heterocycles. The van der Waals surface area contributed by atoms with Gasteiger partial charge in [-0.15, -0.1) is 5.10 Å². The zero-order valence-electron chi connectivity index (χ0n) is 13.4. The normalized spacial score (nSPS) is 11.7. The van der Waals surface area contributed by atoms with Crippen LogP contribution in [0.25, 0.3) is 0 Å². The molecule has 0 aliphatic rings. The molecule has 8 nitrogen and oxygen atoms in total. The Kier molecular flexibility index (Phi) is 6.30. The number of nitrogens with zero attached hydrogens (tertiary/aromatic N) is 3. The minimum atomic E-state index is -0.998. The van der Waals surface area contributed by atoms with Crippen molar-refractivity contribution in [3.63, 3.8) is 0 Å². The summed E-state index contributed by atoms with van der Waals surface area (Å²) in [5.41, 5.74) is 0.511. The van der Waals surface area contributed by atoms with E-state index in [1.165, 1.54) is 10.9 Å². The van der Waals surface area contributed by atoms with E-state index < -0.39 is 5.97 Å². The molecular weight excluding hydrogens is 312 g/mol. The Morgan fingerprint density at radius 3 is 2.79 bits per heavy atom. The van der Waals surface area contributed by atoms with Gasteiger partial charge in [0.05, 0.1) is 19.3 Å². The highest BCUT2D eigenvalue weighted by Crippen LogP contribution is 2.10. The van der Waals surface area contributed by atoms with Crippen molar-refractivity contribution in [1.82, 2.24) is 20.3 Å².